The van der Waals surface area contributed by atoms with Crippen molar-refractivity contribution in [3.05, 3.63) is 107 Å². The van der Waals surface area contributed by atoms with Gasteiger partial charge in [0.25, 0.3) is 5.91 Å². The number of piperidine rings is 1. The van der Waals surface area contributed by atoms with Gasteiger partial charge in [-0.05, 0) is 48.9 Å². The highest BCUT2D eigenvalue weighted by molar-refractivity contribution is 6.17. The molecule has 0 saturated carbocycles. The molecule has 1 aromatic heterocycles. The van der Waals surface area contributed by atoms with Gasteiger partial charge in [-0.1, -0.05) is 60.7 Å². The summed E-state index contributed by atoms with van der Waals surface area (Å²) in [5, 5.41) is 0.795. The highest BCUT2D eigenvalue weighted by Crippen LogP contribution is 2.26. The SMILES string of the molecule is O=C(c1ccccc1)c1c[nH]c2ccc(C(=O)N3CCC(Cc4ccccc4)CC3)cc12.[HH]. The van der Waals surface area contributed by atoms with Crippen LogP contribution in [0.3, 0.4) is 0 Å². The lowest BCUT2D eigenvalue weighted by molar-refractivity contribution is 0.0690. The van der Waals surface area contributed by atoms with Crippen LogP contribution in [0, 0.1) is 5.92 Å². The molecule has 2 heterocycles. The predicted octanol–water partition coefficient (Wildman–Crippen LogP) is 5.74. The number of ketones is 1. The number of amides is 1. The number of fused-ring (bicyclic) bond motifs is 1. The quantitative estimate of drug-likeness (QED) is 0.415. The number of aromatic nitrogens is 1. The summed E-state index contributed by atoms with van der Waals surface area (Å²) in [6.45, 7) is 1.55. The molecule has 0 spiro atoms. The zero-order valence-electron chi connectivity index (χ0n) is 18.0. The van der Waals surface area contributed by atoms with E-state index in [0.29, 0.717) is 22.6 Å². The minimum absolute atomic E-state index is 0. The second-order valence-corrected chi connectivity index (χ2v) is 8.58. The van der Waals surface area contributed by atoms with Gasteiger partial charge in [0.15, 0.2) is 5.78 Å². The van der Waals surface area contributed by atoms with Crippen LogP contribution in [0.4, 0.5) is 0 Å². The molecule has 1 saturated heterocycles. The number of hydrogen-bond acceptors (Lipinski definition) is 2. The van der Waals surface area contributed by atoms with Crippen molar-refractivity contribution in [1.29, 1.82) is 0 Å². The van der Waals surface area contributed by atoms with Crippen molar-refractivity contribution in [2.75, 3.05) is 13.1 Å². The number of benzene rings is 3. The molecule has 1 aliphatic heterocycles. The fourth-order valence-corrected chi connectivity index (χ4v) is 4.66. The highest BCUT2D eigenvalue weighted by atomic mass is 16.2. The zero-order valence-corrected chi connectivity index (χ0v) is 18.0. The standard InChI is InChI=1S/C28H26N2O2.H2/c31-27(22-9-5-2-6-10-22)25-19-29-26-12-11-23(18-24(25)26)28(32)30-15-13-21(14-16-30)17-20-7-3-1-4-8-20;/h1-12,18-19,21,29H,13-17H2;1H. The second kappa shape index (κ2) is 8.83. The van der Waals surface area contributed by atoms with Gasteiger partial charge in [-0.3, -0.25) is 9.59 Å². The number of aromatic amines is 1. The van der Waals surface area contributed by atoms with Gasteiger partial charge in [0.05, 0.1) is 0 Å². The van der Waals surface area contributed by atoms with Crippen molar-refractivity contribution >= 4 is 22.6 Å². The van der Waals surface area contributed by atoms with Gasteiger partial charge in [0, 0.05) is 48.3 Å². The first-order chi connectivity index (χ1) is 15.7. The topological polar surface area (TPSA) is 53.2 Å². The van der Waals surface area contributed by atoms with Crippen LogP contribution in [0.15, 0.2) is 85.1 Å². The monoisotopic (exact) mass is 424 g/mol. The van der Waals surface area contributed by atoms with Crippen molar-refractivity contribution < 1.29 is 11.0 Å². The van der Waals surface area contributed by atoms with E-state index < -0.39 is 0 Å². The van der Waals surface area contributed by atoms with E-state index in [2.05, 4.69) is 29.2 Å². The molecule has 4 aromatic rings. The zero-order chi connectivity index (χ0) is 21.9. The molecule has 4 nitrogen and oxygen atoms in total. The molecule has 0 unspecified atom stereocenters. The summed E-state index contributed by atoms with van der Waals surface area (Å²) in [7, 11) is 0. The summed E-state index contributed by atoms with van der Waals surface area (Å²) in [6.07, 6.45) is 4.85. The predicted molar refractivity (Wildman–Crippen MR) is 129 cm³/mol. The molecular weight excluding hydrogens is 396 g/mol. The summed E-state index contributed by atoms with van der Waals surface area (Å²) < 4.78 is 0. The highest BCUT2D eigenvalue weighted by Gasteiger charge is 2.24. The van der Waals surface area contributed by atoms with Crippen LogP contribution in [-0.4, -0.2) is 34.7 Å². The molecule has 162 valence electrons. The van der Waals surface area contributed by atoms with Gasteiger partial charge in [-0.2, -0.15) is 0 Å². The third kappa shape index (κ3) is 4.09. The van der Waals surface area contributed by atoms with Crippen molar-refractivity contribution in [3.63, 3.8) is 0 Å². The van der Waals surface area contributed by atoms with E-state index in [-0.39, 0.29) is 13.1 Å². The van der Waals surface area contributed by atoms with Crippen LogP contribution >= 0.6 is 0 Å². The Hall–Kier alpha value is -3.66. The second-order valence-electron chi connectivity index (χ2n) is 8.58. The number of carbonyl (C=O) groups is 2. The molecular formula is C28H28N2O2. The maximum Gasteiger partial charge on any atom is 0.253 e. The molecule has 0 atom stereocenters. The average molecular weight is 425 g/mol. The number of H-pyrrole nitrogens is 1. The van der Waals surface area contributed by atoms with Gasteiger partial charge < -0.3 is 9.88 Å². The lowest BCUT2D eigenvalue weighted by Gasteiger charge is -2.32. The molecule has 5 rings (SSSR count). The number of nitrogens with one attached hydrogen (secondary N) is 1. The molecule has 32 heavy (non-hydrogen) atoms. The Bertz CT molecular complexity index is 1240. The van der Waals surface area contributed by atoms with Crippen molar-refractivity contribution in [1.82, 2.24) is 9.88 Å². The number of rotatable bonds is 5. The molecule has 4 heteroatoms. The smallest absolute Gasteiger partial charge is 0.253 e. The molecule has 0 bridgehead atoms. The summed E-state index contributed by atoms with van der Waals surface area (Å²) in [6, 6.07) is 25.4. The Morgan fingerprint density at radius 3 is 2.28 bits per heavy atom. The van der Waals surface area contributed by atoms with Crippen LogP contribution in [0.25, 0.3) is 10.9 Å². The summed E-state index contributed by atoms with van der Waals surface area (Å²) >= 11 is 0. The number of likely N-dealkylation sites (tertiary alicyclic amines) is 1. The number of carbonyl (C=O) groups excluding carboxylic acids is 2. The van der Waals surface area contributed by atoms with E-state index in [1.165, 1.54) is 5.56 Å². The Kier molecular flexibility index (Phi) is 5.59. The van der Waals surface area contributed by atoms with E-state index in [1.54, 1.807) is 6.20 Å². The van der Waals surface area contributed by atoms with Crippen molar-refractivity contribution in [2.45, 2.75) is 19.3 Å². The Balaban J connectivity index is 0.00000259. The van der Waals surface area contributed by atoms with Gasteiger partial charge in [0.2, 0.25) is 0 Å². The molecule has 1 aliphatic rings. The average Bonchev–Trinajstić information content (AvgIpc) is 3.28. The van der Waals surface area contributed by atoms with Gasteiger partial charge in [-0.25, -0.2) is 0 Å². The Morgan fingerprint density at radius 2 is 1.56 bits per heavy atom. The molecule has 0 aliphatic carbocycles. The summed E-state index contributed by atoms with van der Waals surface area (Å²) in [5.74, 6) is 0.622. The first-order valence-electron chi connectivity index (χ1n) is 11.2. The normalized spacial score (nSPS) is 14.6. The molecule has 0 radical (unpaired) electrons. The maximum absolute atomic E-state index is 13.2. The maximum atomic E-state index is 13.2. The van der Waals surface area contributed by atoms with Crippen LogP contribution in [0.2, 0.25) is 0 Å². The van der Waals surface area contributed by atoms with E-state index in [9.17, 15) is 9.59 Å². The third-order valence-corrected chi connectivity index (χ3v) is 6.48. The van der Waals surface area contributed by atoms with Crippen LogP contribution in [0.1, 0.15) is 46.1 Å². The fourth-order valence-electron chi connectivity index (χ4n) is 4.66. The minimum atomic E-state index is -0.0387. The Labute approximate surface area is 189 Å². The lowest BCUT2D eigenvalue weighted by Crippen LogP contribution is -2.38. The number of hydrogen-bond donors (Lipinski definition) is 1. The number of nitrogens with zero attached hydrogens (tertiary/aromatic N) is 1. The van der Waals surface area contributed by atoms with E-state index >= 15 is 0 Å². The summed E-state index contributed by atoms with van der Waals surface area (Å²) in [5.41, 5.74) is 4.11. The first-order valence-corrected chi connectivity index (χ1v) is 11.2. The fraction of sp³-hybridized carbons (Fsp3) is 0.214. The molecule has 3 aromatic carbocycles. The third-order valence-electron chi connectivity index (χ3n) is 6.48. The van der Waals surface area contributed by atoms with Crippen LogP contribution < -0.4 is 0 Å². The molecule has 1 amide bonds. The van der Waals surface area contributed by atoms with Gasteiger partial charge in [-0.15, -0.1) is 0 Å². The van der Waals surface area contributed by atoms with E-state index in [1.807, 2.05) is 59.5 Å². The van der Waals surface area contributed by atoms with Gasteiger partial charge in [0.1, 0.15) is 0 Å². The van der Waals surface area contributed by atoms with E-state index in [0.717, 1.165) is 43.3 Å². The van der Waals surface area contributed by atoms with Crippen molar-refractivity contribution in [3.8, 4) is 0 Å². The minimum Gasteiger partial charge on any atom is -0.360 e. The molecule has 1 fully saturated rings. The largest absolute Gasteiger partial charge is 0.360 e. The summed E-state index contributed by atoms with van der Waals surface area (Å²) in [4.78, 5) is 31.3. The van der Waals surface area contributed by atoms with Gasteiger partial charge >= 0.3 is 0 Å². The first kappa shape index (κ1) is 20.3. The lowest BCUT2D eigenvalue weighted by atomic mass is 9.90. The van der Waals surface area contributed by atoms with Crippen LogP contribution in [-0.2, 0) is 6.42 Å². The van der Waals surface area contributed by atoms with Crippen molar-refractivity contribution in [2.24, 2.45) is 5.92 Å². The van der Waals surface area contributed by atoms with Crippen LogP contribution in [0.5, 0.6) is 0 Å². The van der Waals surface area contributed by atoms with E-state index in [4.69, 9.17) is 0 Å². The Morgan fingerprint density at radius 1 is 0.875 bits per heavy atom. The molecule has 1 N–H and O–H groups in total.